The molecule has 7 heteroatoms. The number of fused-ring (bicyclic) bond motifs is 1. The summed E-state index contributed by atoms with van der Waals surface area (Å²) in [6.07, 6.45) is 10.1. The molecule has 4 rings (SSSR count). The van der Waals surface area contributed by atoms with Crippen molar-refractivity contribution in [2.45, 2.75) is 90.1 Å². The molecule has 2 N–H and O–H groups in total. The van der Waals surface area contributed by atoms with Crippen molar-refractivity contribution in [1.29, 1.82) is 0 Å². The van der Waals surface area contributed by atoms with Gasteiger partial charge in [0.25, 0.3) is 5.91 Å². The summed E-state index contributed by atoms with van der Waals surface area (Å²) in [6, 6.07) is 9.24. The Morgan fingerprint density at radius 2 is 1.89 bits per heavy atom. The standard InChI is InChI=1S/C28H37N3O3S/c1-3-21(4-2)31-25-14-13-20(17-23(25)29-26(31)18-22-12-9-15-35-22)27(32)30-24(28(33)34)16-19-10-7-5-6-8-11-19/h9,12-15,17,19,21,24H,3-8,10-11,16,18H2,1-2H3,(H,30,32)(H,33,34). The number of nitrogens with zero attached hydrogens (tertiary/aromatic N) is 2. The summed E-state index contributed by atoms with van der Waals surface area (Å²) in [4.78, 5) is 31.2. The zero-order valence-electron chi connectivity index (χ0n) is 20.8. The lowest BCUT2D eigenvalue weighted by molar-refractivity contribution is -0.139. The summed E-state index contributed by atoms with van der Waals surface area (Å²) in [6.45, 7) is 4.38. The highest BCUT2D eigenvalue weighted by Gasteiger charge is 2.26. The first-order valence-corrected chi connectivity index (χ1v) is 13.9. The van der Waals surface area contributed by atoms with E-state index in [4.69, 9.17) is 4.98 Å². The molecule has 1 saturated carbocycles. The van der Waals surface area contributed by atoms with Crippen LogP contribution in [0, 0.1) is 5.92 Å². The average molecular weight is 496 g/mol. The number of carboxylic acid groups (broad SMARTS) is 1. The van der Waals surface area contributed by atoms with Gasteiger partial charge in [-0.3, -0.25) is 4.79 Å². The molecule has 2 heterocycles. The lowest BCUT2D eigenvalue weighted by Crippen LogP contribution is -2.42. The summed E-state index contributed by atoms with van der Waals surface area (Å²) < 4.78 is 2.32. The molecule has 188 valence electrons. The van der Waals surface area contributed by atoms with Crippen LogP contribution in [-0.4, -0.2) is 32.6 Å². The van der Waals surface area contributed by atoms with Gasteiger partial charge >= 0.3 is 5.97 Å². The van der Waals surface area contributed by atoms with Crippen LogP contribution < -0.4 is 5.32 Å². The van der Waals surface area contributed by atoms with E-state index in [-0.39, 0.29) is 5.91 Å². The quantitative estimate of drug-likeness (QED) is 0.311. The van der Waals surface area contributed by atoms with Crippen molar-refractivity contribution in [3.05, 3.63) is 52.0 Å². The van der Waals surface area contributed by atoms with Crippen LogP contribution in [0.25, 0.3) is 11.0 Å². The Bertz CT molecular complexity index is 1130. The summed E-state index contributed by atoms with van der Waals surface area (Å²) in [5.74, 6) is 0.0622. The molecule has 3 aromatic rings. The van der Waals surface area contributed by atoms with Crippen LogP contribution in [0.1, 0.15) is 98.7 Å². The van der Waals surface area contributed by atoms with Crippen molar-refractivity contribution in [1.82, 2.24) is 14.9 Å². The average Bonchev–Trinajstić information content (AvgIpc) is 3.40. The fourth-order valence-corrected chi connectivity index (χ4v) is 6.14. The van der Waals surface area contributed by atoms with E-state index in [1.54, 1.807) is 17.4 Å². The van der Waals surface area contributed by atoms with Crippen LogP contribution in [0.15, 0.2) is 35.7 Å². The van der Waals surface area contributed by atoms with Crippen LogP contribution in [0.2, 0.25) is 0 Å². The molecule has 0 radical (unpaired) electrons. The topological polar surface area (TPSA) is 84.2 Å². The van der Waals surface area contributed by atoms with Crippen molar-refractivity contribution in [3.63, 3.8) is 0 Å². The number of carboxylic acids is 1. The van der Waals surface area contributed by atoms with Crippen molar-refractivity contribution >= 4 is 34.2 Å². The number of imidazole rings is 1. The number of hydrogen-bond donors (Lipinski definition) is 2. The molecule has 0 spiro atoms. The SMILES string of the molecule is CCC(CC)n1c(Cc2cccs2)nc2cc(C(=O)NC(CC3CCCCCC3)C(=O)O)ccc21. The van der Waals surface area contributed by atoms with E-state index in [1.807, 2.05) is 12.1 Å². The van der Waals surface area contributed by atoms with E-state index in [0.717, 1.165) is 61.8 Å². The second-order valence-corrected chi connectivity index (χ2v) is 10.8. The molecule has 1 aliphatic carbocycles. The lowest BCUT2D eigenvalue weighted by atomic mass is 9.92. The molecule has 1 fully saturated rings. The van der Waals surface area contributed by atoms with Crippen LogP contribution in [0.4, 0.5) is 0 Å². The maximum atomic E-state index is 13.1. The van der Waals surface area contributed by atoms with Crippen molar-refractivity contribution in [2.75, 3.05) is 0 Å². The second-order valence-electron chi connectivity index (χ2n) is 9.79. The molecule has 2 aromatic heterocycles. The fraction of sp³-hybridized carbons (Fsp3) is 0.536. The Hall–Kier alpha value is -2.67. The van der Waals surface area contributed by atoms with Crippen LogP contribution in [-0.2, 0) is 11.2 Å². The van der Waals surface area contributed by atoms with Crippen molar-refractivity contribution in [3.8, 4) is 0 Å². The fourth-order valence-electron chi connectivity index (χ4n) is 5.44. The number of nitrogens with one attached hydrogen (secondary N) is 1. The normalized spacial score (nSPS) is 15.9. The number of thiophene rings is 1. The Kier molecular flexibility index (Phi) is 8.60. The number of carbonyl (C=O) groups excluding carboxylic acids is 1. The second kappa shape index (κ2) is 11.8. The number of rotatable bonds is 10. The molecule has 0 saturated heterocycles. The zero-order chi connectivity index (χ0) is 24.8. The monoisotopic (exact) mass is 495 g/mol. The third kappa shape index (κ3) is 6.13. The van der Waals surface area contributed by atoms with E-state index in [2.05, 4.69) is 41.2 Å². The minimum absolute atomic E-state index is 0.339. The van der Waals surface area contributed by atoms with Crippen molar-refractivity contribution < 1.29 is 14.7 Å². The number of aromatic nitrogens is 2. The highest BCUT2D eigenvalue weighted by Crippen LogP contribution is 2.29. The Morgan fingerprint density at radius 3 is 2.51 bits per heavy atom. The minimum atomic E-state index is -0.958. The highest BCUT2D eigenvalue weighted by atomic mass is 32.1. The summed E-state index contributed by atoms with van der Waals surface area (Å²) in [7, 11) is 0. The molecule has 0 aliphatic heterocycles. The van der Waals surface area contributed by atoms with E-state index < -0.39 is 12.0 Å². The molecular formula is C28H37N3O3S. The molecule has 1 aliphatic rings. The van der Waals surface area contributed by atoms with Gasteiger partial charge in [0, 0.05) is 22.9 Å². The molecule has 1 amide bonds. The number of hydrogen-bond acceptors (Lipinski definition) is 4. The van der Waals surface area contributed by atoms with Gasteiger partial charge in [-0.1, -0.05) is 58.4 Å². The number of carbonyl (C=O) groups is 2. The lowest BCUT2D eigenvalue weighted by Gasteiger charge is -2.21. The Labute approximate surface area is 211 Å². The van der Waals surface area contributed by atoms with Crippen LogP contribution in [0.3, 0.4) is 0 Å². The van der Waals surface area contributed by atoms with Crippen molar-refractivity contribution in [2.24, 2.45) is 5.92 Å². The first kappa shape index (κ1) is 25.4. The van der Waals surface area contributed by atoms with Gasteiger partial charge in [0.1, 0.15) is 11.9 Å². The molecule has 35 heavy (non-hydrogen) atoms. The first-order chi connectivity index (χ1) is 17.0. The zero-order valence-corrected chi connectivity index (χ0v) is 21.7. The summed E-state index contributed by atoms with van der Waals surface area (Å²) in [5, 5.41) is 14.7. The van der Waals surface area contributed by atoms with Gasteiger partial charge < -0.3 is 15.0 Å². The minimum Gasteiger partial charge on any atom is -0.480 e. The van der Waals surface area contributed by atoms with Crippen LogP contribution >= 0.6 is 11.3 Å². The van der Waals surface area contributed by atoms with Crippen LogP contribution in [0.5, 0.6) is 0 Å². The highest BCUT2D eigenvalue weighted by molar-refractivity contribution is 7.09. The molecular weight excluding hydrogens is 458 g/mol. The predicted molar refractivity (Wildman–Crippen MR) is 141 cm³/mol. The molecule has 6 nitrogen and oxygen atoms in total. The van der Waals surface area contributed by atoms with Gasteiger partial charge in [0.15, 0.2) is 0 Å². The smallest absolute Gasteiger partial charge is 0.326 e. The van der Waals surface area contributed by atoms with Gasteiger partial charge in [-0.25, -0.2) is 9.78 Å². The number of amides is 1. The van der Waals surface area contributed by atoms with E-state index in [0.29, 0.717) is 23.9 Å². The van der Waals surface area contributed by atoms with Gasteiger partial charge in [-0.2, -0.15) is 0 Å². The Balaban J connectivity index is 1.57. The largest absolute Gasteiger partial charge is 0.480 e. The Morgan fingerprint density at radius 1 is 1.14 bits per heavy atom. The molecule has 0 bridgehead atoms. The molecule has 1 aromatic carbocycles. The first-order valence-electron chi connectivity index (χ1n) is 13.1. The molecule has 1 unspecified atom stereocenters. The maximum Gasteiger partial charge on any atom is 0.326 e. The number of benzene rings is 1. The summed E-state index contributed by atoms with van der Waals surface area (Å²) >= 11 is 1.72. The van der Waals surface area contributed by atoms with Gasteiger partial charge in [-0.15, -0.1) is 11.3 Å². The van der Waals surface area contributed by atoms with Gasteiger partial charge in [0.2, 0.25) is 0 Å². The predicted octanol–water partition coefficient (Wildman–Crippen LogP) is 6.59. The van der Waals surface area contributed by atoms with E-state index in [1.165, 1.54) is 17.7 Å². The van der Waals surface area contributed by atoms with E-state index >= 15 is 0 Å². The summed E-state index contributed by atoms with van der Waals surface area (Å²) in [5.41, 5.74) is 2.27. The van der Waals surface area contributed by atoms with E-state index in [9.17, 15) is 14.7 Å². The maximum absolute atomic E-state index is 13.1. The van der Waals surface area contributed by atoms with Gasteiger partial charge in [0.05, 0.1) is 11.0 Å². The number of aliphatic carboxylic acids is 1. The molecule has 1 atom stereocenters. The third-order valence-corrected chi connectivity index (χ3v) is 8.27. The third-order valence-electron chi connectivity index (χ3n) is 7.39. The van der Waals surface area contributed by atoms with Gasteiger partial charge in [-0.05, 0) is 54.8 Å².